The van der Waals surface area contributed by atoms with E-state index in [1.54, 1.807) is 12.1 Å². The van der Waals surface area contributed by atoms with Gasteiger partial charge >= 0.3 is 0 Å². The van der Waals surface area contributed by atoms with E-state index in [1.165, 1.54) is 12.1 Å². The number of aromatic nitrogens is 2. The average molecular weight is 251 g/mol. The molecule has 0 bridgehead atoms. The zero-order chi connectivity index (χ0) is 12.4. The van der Waals surface area contributed by atoms with E-state index in [-0.39, 0.29) is 5.82 Å². The molecule has 0 aliphatic rings. The predicted octanol–water partition coefficient (Wildman–Crippen LogP) is 3.81. The molecular formula is C13H12ClFN2. The topological polar surface area (TPSA) is 25.8 Å². The van der Waals surface area contributed by atoms with Gasteiger partial charge in [-0.05, 0) is 37.6 Å². The summed E-state index contributed by atoms with van der Waals surface area (Å²) in [5.74, 6) is 0.264. The van der Waals surface area contributed by atoms with Gasteiger partial charge in [-0.1, -0.05) is 18.5 Å². The molecule has 0 fully saturated rings. The van der Waals surface area contributed by atoms with Crippen molar-refractivity contribution in [2.24, 2.45) is 0 Å². The molecule has 2 aromatic rings. The second kappa shape index (κ2) is 4.80. The summed E-state index contributed by atoms with van der Waals surface area (Å²) in [4.78, 5) is 8.65. The molecule has 1 aromatic heterocycles. The van der Waals surface area contributed by atoms with Crippen molar-refractivity contribution in [2.45, 2.75) is 20.3 Å². The summed E-state index contributed by atoms with van der Waals surface area (Å²) >= 11 is 6.05. The van der Waals surface area contributed by atoms with Crippen molar-refractivity contribution in [3.05, 3.63) is 46.5 Å². The van der Waals surface area contributed by atoms with Gasteiger partial charge in [-0.3, -0.25) is 0 Å². The number of hydrogen-bond acceptors (Lipinski definition) is 2. The predicted molar refractivity (Wildman–Crippen MR) is 66.6 cm³/mol. The van der Waals surface area contributed by atoms with Crippen molar-refractivity contribution < 1.29 is 4.39 Å². The molecule has 0 saturated heterocycles. The van der Waals surface area contributed by atoms with Gasteiger partial charge in [0.2, 0.25) is 0 Å². The third-order valence-corrected chi connectivity index (χ3v) is 2.99. The highest BCUT2D eigenvalue weighted by Gasteiger charge is 2.09. The van der Waals surface area contributed by atoms with Gasteiger partial charge in [0.25, 0.3) is 0 Å². The minimum absolute atomic E-state index is 0.275. The van der Waals surface area contributed by atoms with Crippen LogP contribution in [0.3, 0.4) is 0 Å². The molecule has 0 radical (unpaired) electrons. The van der Waals surface area contributed by atoms with Crippen LogP contribution in [0.1, 0.15) is 18.2 Å². The quantitative estimate of drug-likeness (QED) is 0.758. The van der Waals surface area contributed by atoms with Crippen molar-refractivity contribution in [3.63, 3.8) is 0 Å². The van der Waals surface area contributed by atoms with E-state index in [0.29, 0.717) is 11.0 Å². The van der Waals surface area contributed by atoms with Crippen molar-refractivity contribution in [3.8, 4) is 11.4 Å². The summed E-state index contributed by atoms with van der Waals surface area (Å²) in [6.45, 7) is 3.91. The van der Waals surface area contributed by atoms with Gasteiger partial charge in [0.1, 0.15) is 11.0 Å². The lowest BCUT2D eigenvalue weighted by Crippen LogP contribution is -1.99. The van der Waals surface area contributed by atoms with Crippen LogP contribution in [0, 0.1) is 12.7 Å². The van der Waals surface area contributed by atoms with E-state index >= 15 is 0 Å². The van der Waals surface area contributed by atoms with E-state index in [2.05, 4.69) is 9.97 Å². The maximum absolute atomic E-state index is 12.8. The van der Waals surface area contributed by atoms with Crippen molar-refractivity contribution in [1.29, 1.82) is 0 Å². The molecule has 0 unspecified atom stereocenters. The zero-order valence-corrected chi connectivity index (χ0v) is 10.4. The highest BCUT2D eigenvalue weighted by Crippen LogP contribution is 2.22. The number of rotatable bonds is 2. The summed E-state index contributed by atoms with van der Waals surface area (Å²) < 4.78 is 12.8. The number of hydrogen-bond donors (Lipinski definition) is 0. The SMILES string of the molecule is CCc1nc(-c2ccc(F)cc2)nc(Cl)c1C. The van der Waals surface area contributed by atoms with Crippen LogP contribution in [-0.4, -0.2) is 9.97 Å². The van der Waals surface area contributed by atoms with Crippen LogP contribution in [0.15, 0.2) is 24.3 Å². The van der Waals surface area contributed by atoms with Gasteiger partial charge in [-0.2, -0.15) is 0 Å². The Kier molecular flexibility index (Phi) is 3.38. The van der Waals surface area contributed by atoms with Gasteiger partial charge in [0, 0.05) is 16.8 Å². The molecule has 2 nitrogen and oxygen atoms in total. The lowest BCUT2D eigenvalue weighted by molar-refractivity contribution is 0.628. The molecule has 1 aromatic carbocycles. The third-order valence-electron chi connectivity index (χ3n) is 2.62. The Hall–Kier alpha value is -1.48. The first-order chi connectivity index (χ1) is 8.11. The maximum atomic E-state index is 12.8. The Balaban J connectivity index is 2.52. The van der Waals surface area contributed by atoms with Gasteiger partial charge < -0.3 is 0 Å². The normalized spacial score (nSPS) is 10.6. The van der Waals surface area contributed by atoms with E-state index < -0.39 is 0 Å². The van der Waals surface area contributed by atoms with Crippen LogP contribution < -0.4 is 0 Å². The van der Waals surface area contributed by atoms with Crippen LogP contribution in [0.5, 0.6) is 0 Å². The molecular weight excluding hydrogens is 239 g/mol. The van der Waals surface area contributed by atoms with Crippen LogP contribution in [0.25, 0.3) is 11.4 Å². The average Bonchev–Trinajstić information content (AvgIpc) is 2.33. The van der Waals surface area contributed by atoms with Crippen LogP contribution >= 0.6 is 11.6 Å². The van der Waals surface area contributed by atoms with Crippen LogP contribution in [-0.2, 0) is 6.42 Å². The second-order valence-electron chi connectivity index (χ2n) is 3.77. The molecule has 0 spiro atoms. The standard InChI is InChI=1S/C13H12ClFN2/c1-3-11-8(2)12(14)17-13(16-11)9-4-6-10(15)7-5-9/h4-7H,3H2,1-2H3. The molecule has 0 amide bonds. The smallest absolute Gasteiger partial charge is 0.161 e. The van der Waals surface area contributed by atoms with Crippen LogP contribution in [0.2, 0.25) is 5.15 Å². The van der Waals surface area contributed by atoms with Gasteiger partial charge in [0.05, 0.1) is 0 Å². The first-order valence-electron chi connectivity index (χ1n) is 5.40. The summed E-state index contributed by atoms with van der Waals surface area (Å²) in [5.41, 5.74) is 2.59. The van der Waals surface area contributed by atoms with E-state index in [9.17, 15) is 4.39 Å². The fourth-order valence-corrected chi connectivity index (χ4v) is 1.79. The Morgan fingerprint density at radius 2 is 1.82 bits per heavy atom. The Morgan fingerprint density at radius 1 is 1.18 bits per heavy atom. The van der Waals surface area contributed by atoms with Crippen molar-refractivity contribution in [2.75, 3.05) is 0 Å². The van der Waals surface area contributed by atoms with E-state index in [1.807, 2.05) is 13.8 Å². The number of nitrogens with zero attached hydrogens (tertiary/aromatic N) is 2. The van der Waals surface area contributed by atoms with E-state index in [0.717, 1.165) is 23.2 Å². The van der Waals surface area contributed by atoms with Gasteiger partial charge in [0.15, 0.2) is 5.82 Å². The van der Waals surface area contributed by atoms with Crippen molar-refractivity contribution >= 4 is 11.6 Å². The Bertz CT molecular complexity index is 538. The molecule has 1 heterocycles. The number of aryl methyl sites for hydroxylation is 1. The number of benzene rings is 1. The van der Waals surface area contributed by atoms with Crippen molar-refractivity contribution in [1.82, 2.24) is 9.97 Å². The minimum atomic E-state index is -0.275. The summed E-state index contributed by atoms with van der Waals surface area (Å²) in [5, 5.41) is 0.455. The summed E-state index contributed by atoms with van der Waals surface area (Å²) in [7, 11) is 0. The maximum Gasteiger partial charge on any atom is 0.161 e. The highest BCUT2D eigenvalue weighted by atomic mass is 35.5. The molecule has 0 saturated carbocycles. The van der Waals surface area contributed by atoms with E-state index in [4.69, 9.17) is 11.6 Å². The minimum Gasteiger partial charge on any atom is -0.233 e. The summed E-state index contributed by atoms with van der Waals surface area (Å²) in [6, 6.07) is 6.07. The molecule has 17 heavy (non-hydrogen) atoms. The molecule has 0 aliphatic carbocycles. The molecule has 88 valence electrons. The first-order valence-corrected chi connectivity index (χ1v) is 5.78. The molecule has 4 heteroatoms. The third kappa shape index (κ3) is 2.44. The lowest BCUT2D eigenvalue weighted by atomic mass is 10.1. The molecule has 2 rings (SSSR count). The highest BCUT2D eigenvalue weighted by molar-refractivity contribution is 6.30. The van der Waals surface area contributed by atoms with Gasteiger partial charge in [-0.15, -0.1) is 0 Å². The van der Waals surface area contributed by atoms with Gasteiger partial charge in [-0.25, -0.2) is 14.4 Å². The van der Waals surface area contributed by atoms with Crippen LogP contribution in [0.4, 0.5) is 4.39 Å². The number of halogens is 2. The Labute approximate surface area is 104 Å². The lowest BCUT2D eigenvalue weighted by Gasteiger charge is -2.07. The largest absolute Gasteiger partial charge is 0.233 e. The molecule has 0 atom stereocenters. The molecule has 0 aliphatic heterocycles. The zero-order valence-electron chi connectivity index (χ0n) is 9.67. The second-order valence-corrected chi connectivity index (χ2v) is 4.13. The Morgan fingerprint density at radius 3 is 2.41 bits per heavy atom. The molecule has 0 N–H and O–H groups in total. The fourth-order valence-electron chi connectivity index (χ4n) is 1.60. The summed E-state index contributed by atoms with van der Waals surface area (Å²) in [6.07, 6.45) is 0.794. The monoisotopic (exact) mass is 250 g/mol. The fraction of sp³-hybridized carbons (Fsp3) is 0.231. The first kappa shape index (κ1) is 12.0.